The van der Waals surface area contributed by atoms with Gasteiger partial charge in [-0.05, 0) is 88.9 Å². The molecule has 3 N–H and O–H groups in total. The van der Waals surface area contributed by atoms with Gasteiger partial charge in [-0.2, -0.15) is 8.78 Å². The Bertz CT molecular complexity index is 1640. The summed E-state index contributed by atoms with van der Waals surface area (Å²) in [5, 5.41) is 2.75. The van der Waals surface area contributed by atoms with Gasteiger partial charge in [0.1, 0.15) is 12.1 Å². The van der Waals surface area contributed by atoms with Crippen LogP contribution in [0.2, 0.25) is 0 Å². The zero-order valence-electron chi connectivity index (χ0n) is 25.4. The summed E-state index contributed by atoms with van der Waals surface area (Å²) >= 11 is 2.19. The van der Waals surface area contributed by atoms with E-state index >= 15 is 0 Å². The van der Waals surface area contributed by atoms with Crippen LogP contribution in [0.5, 0.6) is 0 Å². The third-order valence-corrected chi connectivity index (χ3v) is 9.30. The lowest BCUT2D eigenvalue weighted by molar-refractivity contribution is -0.142. The average Bonchev–Trinajstić information content (AvgIpc) is 3.49. The lowest BCUT2D eigenvalue weighted by Crippen LogP contribution is -2.57. The molecule has 3 amide bonds. The summed E-state index contributed by atoms with van der Waals surface area (Å²) in [6.07, 6.45) is 3.54. The van der Waals surface area contributed by atoms with Crippen molar-refractivity contribution in [2.45, 2.75) is 51.4 Å². The number of alkyl halides is 2. The first-order chi connectivity index (χ1) is 21.5. The van der Waals surface area contributed by atoms with Crippen molar-refractivity contribution >= 4 is 65.4 Å². The van der Waals surface area contributed by atoms with Crippen LogP contribution in [-0.4, -0.2) is 51.0 Å². The summed E-state index contributed by atoms with van der Waals surface area (Å²) in [6, 6.07) is 19.1. The SMILES string of the molecule is CC(C)(C)[C@H](NC(=O)C=Cc1ccc(C(F)(F)P(=O)(O)O)cc1)C(=O)N1CCC[C@H]1C(=O)N(c1ccccc1)c1ccc(I)cc1. The van der Waals surface area contributed by atoms with Crippen molar-refractivity contribution in [3.05, 3.63) is 99.6 Å². The molecule has 13 heteroatoms. The van der Waals surface area contributed by atoms with Crippen LogP contribution < -0.4 is 10.2 Å². The predicted molar refractivity (Wildman–Crippen MR) is 180 cm³/mol. The number of hydrogen-bond donors (Lipinski definition) is 3. The third kappa shape index (κ3) is 8.09. The number of benzene rings is 3. The molecule has 3 aromatic rings. The first-order valence-electron chi connectivity index (χ1n) is 14.5. The van der Waals surface area contributed by atoms with Crippen molar-refractivity contribution < 1.29 is 37.5 Å². The summed E-state index contributed by atoms with van der Waals surface area (Å²) < 4.78 is 40.1. The number of hydrogen-bond acceptors (Lipinski definition) is 4. The Morgan fingerprint density at radius 2 is 1.57 bits per heavy atom. The summed E-state index contributed by atoms with van der Waals surface area (Å²) in [6.45, 7) is 5.74. The Morgan fingerprint density at radius 3 is 2.13 bits per heavy atom. The number of nitrogens with one attached hydrogen (secondary N) is 1. The number of carbonyl (C=O) groups excluding carboxylic acids is 3. The molecule has 0 aromatic heterocycles. The van der Waals surface area contributed by atoms with Crippen LogP contribution in [0.4, 0.5) is 20.2 Å². The molecule has 0 spiro atoms. The molecule has 1 aliphatic rings. The van der Waals surface area contributed by atoms with E-state index in [-0.39, 0.29) is 5.91 Å². The smallest absolute Gasteiger partial charge is 0.340 e. The van der Waals surface area contributed by atoms with Gasteiger partial charge >= 0.3 is 13.3 Å². The Morgan fingerprint density at radius 1 is 0.978 bits per heavy atom. The zero-order chi connectivity index (χ0) is 33.9. The lowest BCUT2D eigenvalue weighted by atomic mass is 9.85. The van der Waals surface area contributed by atoms with Gasteiger partial charge in [-0.25, -0.2) is 0 Å². The van der Waals surface area contributed by atoms with E-state index in [1.807, 2.05) is 54.6 Å². The molecule has 9 nitrogen and oxygen atoms in total. The van der Waals surface area contributed by atoms with Crippen molar-refractivity contribution in [2.75, 3.05) is 11.4 Å². The second kappa shape index (κ2) is 14.1. The van der Waals surface area contributed by atoms with Crippen molar-refractivity contribution in [2.24, 2.45) is 5.41 Å². The highest BCUT2D eigenvalue weighted by atomic mass is 127. The van der Waals surface area contributed by atoms with Gasteiger partial charge in [-0.15, -0.1) is 0 Å². The molecule has 1 aliphatic heterocycles. The maximum absolute atomic E-state index is 14.2. The van der Waals surface area contributed by atoms with Crippen LogP contribution >= 0.6 is 30.2 Å². The average molecular weight is 766 g/mol. The number of para-hydroxylation sites is 1. The van der Waals surface area contributed by atoms with Crippen LogP contribution in [0.15, 0.2) is 84.9 Å². The fraction of sp³-hybridized carbons (Fsp3) is 0.303. The molecule has 1 saturated heterocycles. The molecule has 1 heterocycles. The van der Waals surface area contributed by atoms with Crippen molar-refractivity contribution in [3.63, 3.8) is 0 Å². The number of halogens is 3. The minimum atomic E-state index is -5.71. The molecule has 0 aliphatic carbocycles. The van der Waals surface area contributed by atoms with Crippen molar-refractivity contribution in [1.29, 1.82) is 0 Å². The Kier molecular flexibility index (Phi) is 10.9. The maximum atomic E-state index is 14.2. The number of carbonyl (C=O) groups is 3. The molecule has 46 heavy (non-hydrogen) atoms. The second-order valence-corrected chi connectivity index (χ2v) is 14.9. The third-order valence-electron chi connectivity index (χ3n) is 7.59. The van der Waals surface area contributed by atoms with Gasteiger partial charge < -0.3 is 20.0 Å². The monoisotopic (exact) mass is 765 g/mol. The Labute approximate surface area is 280 Å². The topological polar surface area (TPSA) is 127 Å². The maximum Gasteiger partial charge on any atom is 0.399 e. The van der Waals surface area contributed by atoms with E-state index in [1.165, 1.54) is 23.1 Å². The van der Waals surface area contributed by atoms with E-state index < -0.39 is 48.1 Å². The number of anilines is 2. The van der Waals surface area contributed by atoms with Crippen molar-refractivity contribution in [3.8, 4) is 0 Å². The van der Waals surface area contributed by atoms with E-state index in [1.54, 1.807) is 25.7 Å². The molecule has 0 radical (unpaired) electrons. The minimum Gasteiger partial charge on any atom is -0.340 e. The van der Waals surface area contributed by atoms with Crippen LogP contribution in [0, 0.1) is 8.99 Å². The van der Waals surface area contributed by atoms with Crippen LogP contribution in [0.1, 0.15) is 44.7 Å². The summed E-state index contributed by atoms with van der Waals surface area (Å²) in [5.74, 6) is -1.28. The Hall–Kier alpha value is -3.45. The van der Waals surface area contributed by atoms with E-state index in [0.717, 1.165) is 21.8 Å². The fourth-order valence-corrected chi connectivity index (χ4v) is 5.99. The molecule has 0 bridgehead atoms. The van der Waals surface area contributed by atoms with Gasteiger partial charge in [0, 0.05) is 33.1 Å². The van der Waals surface area contributed by atoms with E-state index in [4.69, 9.17) is 9.79 Å². The molecule has 1 fully saturated rings. The van der Waals surface area contributed by atoms with Gasteiger partial charge in [0.05, 0.1) is 0 Å². The summed E-state index contributed by atoms with van der Waals surface area (Å²) in [7, 11) is -5.71. The van der Waals surface area contributed by atoms with E-state index in [0.29, 0.717) is 36.3 Å². The van der Waals surface area contributed by atoms with Crippen molar-refractivity contribution in [1.82, 2.24) is 10.2 Å². The highest BCUT2D eigenvalue weighted by Gasteiger charge is 2.50. The molecule has 0 unspecified atom stereocenters. The normalized spacial score (nSPS) is 16.3. The first-order valence-corrected chi connectivity index (χ1v) is 17.2. The van der Waals surface area contributed by atoms with E-state index in [2.05, 4.69) is 27.9 Å². The van der Waals surface area contributed by atoms with Gasteiger partial charge in [-0.1, -0.05) is 63.2 Å². The zero-order valence-corrected chi connectivity index (χ0v) is 28.5. The molecule has 3 aromatic carbocycles. The fourth-order valence-electron chi connectivity index (χ4n) is 5.15. The number of likely N-dealkylation sites (tertiary alicyclic amines) is 1. The predicted octanol–water partition coefficient (Wildman–Crippen LogP) is 6.42. The largest absolute Gasteiger partial charge is 0.399 e. The Balaban J connectivity index is 1.53. The molecular weight excluding hydrogens is 730 g/mol. The molecule has 244 valence electrons. The van der Waals surface area contributed by atoms with Crippen LogP contribution in [0.25, 0.3) is 6.08 Å². The van der Waals surface area contributed by atoms with Crippen LogP contribution in [0.3, 0.4) is 0 Å². The molecular formula is C33H35F2IN3O6P. The van der Waals surface area contributed by atoms with Gasteiger partial charge in [0.2, 0.25) is 11.8 Å². The number of nitrogens with zero attached hydrogens (tertiary/aromatic N) is 2. The lowest BCUT2D eigenvalue weighted by Gasteiger charge is -2.36. The summed E-state index contributed by atoms with van der Waals surface area (Å²) in [4.78, 5) is 62.3. The molecule has 2 atom stereocenters. The summed E-state index contributed by atoms with van der Waals surface area (Å²) in [5.41, 5.74) is -4.29. The molecule has 0 saturated carbocycles. The number of rotatable bonds is 9. The standard InChI is InChI=1S/C33H35F2IN3O6P/c1-32(2,3)29(37-28(40)20-13-22-11-14-23(15-12-22)33(34,35)46(43,44)45)31(42)38-21-7-10-27(38)30(41)39(25-8-5-4-6-9-25)26-18-16-24(36)17-19-26/h4-6,8-9,11-20,27,29H,7,10,21H2,1-3H3,(H,37,40)(H2,43,44,45)/t27-,29+/m0/s1. The van der Waals surface area contributed by atoms with Crippen LogP contribution in [-0.2, 0) is 24.6 Å². The molecule has 4 rings (SSSR count). The first kappa shape index (κ1) is 35.4. The van der Waals surface area contributed by atoms with E-state index in [9.17, 15) is 27.7 Å². The number of amides is 3. The van der Waals surface area contributed by atoms with Gasteiger partial charge in [0.15, 0.2) is 0 Å². The van der Waals surface area contributed by atoms with Gasteiger partial charge in [0.25, 0.3) is 5.91 Å². The quantitative estimate of drug-likeness (QED) is 0.131. The minimum absolute atomic E-state index is 0.259. The second-order valence-electron chi connectivity index (χ2n) is 12.0. The van der Waals surface area contributed by atoms with Gasteiger partial charge in [-0.3, -0.25) is 23.8 Å². The highest BCUT2D eigenvalue weighted by molar-refractivity contribution is 14.1. The highest BCUT2D eigenvalue weighted by Crippen LogP contribution is 2.59.